The molecule has 0 atom stereocenters. The Kier molecular flexibility index (Phi) is 5.21. The molecule has 5 nitrogen and oxygen atoms in total. The van der Waals surface area contributed by atoms with Gasteiger partial charge in [-0.25, -0.2) is 0 Å². The fourth-order valence-corrected chi connectivity index (χ4v) is 3.49. The second-order valence-corrected chi connectivity index (χ2v) is 6.53. The van der Waals surface area contributed by atoms with Gasteiger partial charge < -0.3 is 9.30 Å². The zero-order valence-electron chi connectivity index (χ0n) is 14.0. The lowest BCUT2D eigenvalue weighted by molar-refractivity contribution is 0.405. The minimum Gasteiger partial charge on any atom is -0.496 e. The Bertz CT molecular complexity index is 804. The van der Waals surface area contributed by atoms with Gasteiger partial charge in [-0.1, -0.05) is 12.5 Å². The van der Waals surface area contributed by atoms with Crippen molar-refractivity contribution in [1.82, 2.24) is 14.8 Å². The Labute approximate surface area is 146 Å². The molecule has 0 amide bonds. The molecule has 2 heterocycles. The Morgan fingerprint density at radius 3 is 2.96 bits per heavy atom. The SMILES string of the molecule is COc1cc(C=C(C#N)c2nnc3n2CCCCC3)ccc1SC. The molecule has 0 fully saturated rings. The van der Waals surface area contributed by atoms with E-state index in [0.29, 0.717) is 11.4 Å². The van der Waals surface area contributed by atoms with Crippen molar-refractivity contribution < 1.29 is 4.74 Å². The van der Waals surface area contributed by atoms with Crippen LogP contribution in [0.25, 0.3) is 11.6 Å². The van der Waals surface area contributed by atoms with Gasteiger partial charge in [0.1, 0.15) is 17.6 Å². The number of hydrogen-bond donors (Lipinski definition) is 0. The predicted molar refractivity (Wildman–Crippen MR) is 95.8 cm³/mol. The number of fused-ring (bicyclic) bond motifs is 1. The maximum atomic E-state index is 9.62. The molecule has 0 bridgehead atoms. The number of methoxy groups -OCH3 is 1. The van der Waals surface area contributed by atoms with Crippen LogP contribution in [-0.4, -0.2) is 28.1 Å². The van der Waals surface area contributed by atoms with E-state index in [1.54, 1.807) is 18.9 Å². The topological polar surface area (TPSA) is 63.7 Å². The molecule has 6 heteroatoms. The lowest BCUT2D eigenvalue weighted by atomic mass is 10.1. The van der Waals surface area contributed by atoms with Crippen LogP contribution in [0.5, 0.6) is 5.75 Å². The molecule has 1 aromatic heterocycles. The molecule has 0 aliphatic carbocycles. The van der Waals surface area contributed by atoms with Crippen molar-refractivity contribution in [3.8, 4) is 11.8 Å². The largest absolute Gasteiger partial charge is 0.496 e. The van der Waals surface area contributed by atoms with Gasteiger partial charge in [0.2, 0.25) is 0 Å². The summed E-state index contributed by atoms with van der Waals surface area (Å²) in [5.41, 5.74) is 1.46. The van der Waals surface area contributed by atoms with Crippen LogP contribution in [0.3, 0.4) is 0 Å². The molecule has 0 N–H and O–H groups in total. The highest BCUT2D eigenvalue weighted by Crippen LogP contribution is 2.30. The first-order valence-corrected chi connectivity index (χ1v) is 9.25. The minimum absolute atomic E-state index is 0.537. The van der Waals surface area contributed by atoms with Crippen molar-refractivity contribution in [2.24, 2.45) is 0 Å². The lowest BCUT2D eigenvalue weighted by Crippen LogP contribution is -2.05. The number of rotatable bonds is 4. The highest BCUT2D eigenvalue weighted by molar-refractivity contribution is 7.98. The van der Waals surface area contributed by atoms with Gasteiger partial charge in [-0.3, -0.25) is 0 Å². The Morgan fingerprint density at radius 1 is 1.33 bits per heavy atom. The van der Waals surface area contributed by atoms with Crippen molar-refractivity contribution in [1.29, 1.82) is 5.26 Å². The minimum atomic E-state index is 0.537. The van der Waals surface area contributed by atoms with Gasteiger partial charge in [0.15, 0.2) is 5.82 Å². The number of nitriles is 1. The highest BCUT2D eigenvalue weighted by Gasteiger charge is 2.17. The van der Waals surface area contributed by atoms with E-state index >= 15 is 0 Å². The molecular formula is C18H20N4OS. The number of hydrogen-bond acceptors (Lipinski definition) is 5. The van der Waals surface area contributed by atoms with E-state index in [9.17, 15) is 5.26 Å². The van der Waals surface area contributed by atoms with Gasteiger partial charge in [-0.05, 0) is 42.9 Å². The van der Waals surface area contributed by atoms with Crippen molar-refractivity contribution in [2.75, 3.05) is 13.4 Å². The van der Waals surface area contributed by atoms with Crippen LogP contribution in [-0.2, 0) is 13.0 Å². The summed E-state index contributed by atoms with van der Waals surface area (Å²) < 4.78 is 7.52. The van der Waals surface area contributed by atoms with Gasteiger partial charge in [0.25, 0.3) is 0 Å². The van der Waals surface area contributed by atoms with E-state index in [-0.39, 0.29) is 0 Å². The van der Waals surface area contributed by atoms with Gasteiger partial charge in [0.05, 0.1) is 12.7 Å². The van der Waals surface area contributed by atoms with E-state index < -0.39 is 0 Å². The van der Waals surface area contributed by atoms with Crippen LogP contribution in [0.1, 0.15) is 36.5 Å². The molecule has 1 aliphatic heterocycles. The molecule has 0 saturated carbocycles. The van der Waals surface area contributed by atoms with Crippen molar-refractivity contribution in [2.45, 2.75) is 37.1 Å². The van der Waals surface area contributed by atoms with Crippen LogP contribution in [0.4, 0.5) is 0 Å². The van der Waals surface area contributed by atoms with Gasteiger partial charge >= 0.3 is 0 Å². The summed E-state index contributed by atoms with van der Waals surface area (Å²) in [6.45, 7) is 0.880. The maximum Gasteiger partial charge on any atom is 0.174 e. The number of allylic oxidation sites excluding steroid dienone is 1. The molecule has 0 radical (unpaired) electrons. The van der Waals surface area contributed by atoms with E-state index in [2.05, 4.69) is 20.8 Å². The van der Waals surface area contributed by atoms with Crippen molar-refractivity contribution >= 4 is 23.4 Å². The first-order valence-electron chi connectivity index (χ1n) is 8.03. The third-order valence-electron chi connectivity index (χ3n) is 4.19. The number of aryl methyl sites for hydroxylation is 1. The number of ether oxygens (including phenoxy) is 1. The average molecular weight is 340 g/mol. The Balaban J connectivity index is 1.99. The molecule has 1 aromatic carbocycles. The first-order chi connectivity index (χ1) is 11.8. The molecule has 0 saturated heterocycles. The molecular weight excluding hydrogens is 320 g/mol. The molecule has 0 unspecified atom stereocenters. The molecule has 2 aromatic rings. The normalized spacial score (nSPS) is 14.6. The lowest BCUT2D eigenvalue weighted by Gasteiger charge is -2.08. The number of aromatic nitrogens is 3. The fraction of sp³-hybridized carbons (Fsp3) is 0.389. The Morgan fingerprint density at radius 2 is 2.21 bits per heavy atom. The van der Waals surface area contributed by atoms with Crippen molar-refractivity contribution in [3.63, 3.8) is 0 Å². The standard InChI is InChI=1S/C18H20N4OS/c1-23-15-11-13(7-8-16(15)24-2)10-14(12-19)18-21-20-17-6-4-3-5-9-22(17)18/h7-8,10-11H,3-6,9H2,1-2H3. The zero-order chi connectivity index (χ0) is 16.9. The number of benzene rings is 1. The molecule has 124 valence electrons. The summed E-state index contributed by atoms with van der Waals surface area (Å²) in [5.74, 6) is 2.47. The van der Waals surface area contributed by atoms with Crippen molar-refractivity contribution in [3.05, 3.63) is 35.4 Å². The van der Waals surface area contributed by atoms with E-state index in [1.165, 1.54) is 6.42 Å². The zero-order valence-corrected chi connectivity index (χ0v) is 14.8. The molecule has 24 heavy (non-hydrogen) atoms. The van der Waals surface area contributed by atoms with Crippen LogP contribution in [0.15, 0.2) is 23.1 Å². The van der Waals surface area contributed by atoms with E-state index in [0.717, 1.165) is 47.8 Å². The summed E-state index contributed by atoms with van der Waals surface area (Å²) in [7, 11) is 1.66. The monoisotopic (exact) mass is 340 g/mol. The first kappa shape index (κ1) is 16.6. The average Bonchev–Trinajstić information content (AvgIpc) is 2.87. The number of thioether (sulfide) groups is 1. The second kappa shape index (κ2) is 7.54. The summed E-state index contributed by atoms with van der Waals surface area (Å²) in [6.07, 6.45) is 8.24. The molecule has 3 rings (SSSR count). The Hall–Kier alpha value is -2.26. The quantitative estimate of drug-likeness (QED) is 0.626. The number of nitrogens with zero attached hydrogens (tertiary/aromatic N) is 4. The third kappa shape index (κ3) is 3.31. The summed E-state index contributed by atoms with van der Waals surface area (Å²) in [4.78, 5) is 1.07. The summed E-state index contributed by atoms with van der Waals surface area (Å²) in [5, 5.41) is 18.2. The molecule has 0 spiro atoms. The van der Waals surface area contributed by atoms with Crippen LogP contribution < -0.4 is 4.74 Å². The predicted octanol–water partition coefficient (Wildman–Crippen LogP) is 3.80. The van der Waals surface area contributed by atoms with Gasteiger partial charge in [-0.2, -0.15) is 5.26 Å². The fourth-order valence-electron chi connectivity index (χ4n) is 2.94. The second-order valence-electron chi connectivity index (χ2n) is 5.69. The summed E-state index contributed by atoms with van der Waals surface area (Å²) in [6, 6.07) is 8.23. The third-order valence-corrected chi connectivity index (χ3v) is 4.97. The van der Waals surface area contributed by atoms with Crippen LogP contribution in [0, 0.1) is 11.3 Å². The highest BCUT2D eigenvalue weighted by atomic mass is 32.2. The van der Waals surface area contributed by atoms with Crippen LogP contribution >= 0.6 is 11.8 Å². The van der Waals surface area contributed by atoms with E-state index in [4.69, 9.17) is 4.74 Å². The molecule has 1 aliphatic rings. The maximum absolute atomic E-state index is 9.62. The van der Waals surface area contributed by atoms with Gasteiger partial charge in [-0.15, -0.1) is 22.0 Å². The smallest absolute Gasteiger partial charge is 0.174 e. The van der Waals surface area contributed by atoms with Gasteiger partial charge in [0, 0.05) is 17.9 Å². The van der Waals surface area contributed by atoms with Crippen LogP contribution in [0.2, 0.25) is 0 Å². The van der Waals surface area contributed by atoms with E-state index in [1.807, 2.05) is 30.5 Å². The summed E-state index contributed by atoms with van der Waals surface area (Å²) >= 11 is 1.63.